The molecule has 0 aliphatic rings. The molecular formula is C19H19N5. The number of nitrogens with zero attached hydrogens (tertiary/aromatic N) is 5. The van der Waals surface area contributed by atoms with Crippen molar-refractivity contribution in [1.82, 2.24) is 19.8 Å². The number of aromatic nitrogens is 4. The van der Waals surface area contributed by atoms with Crippen LogP contribution in [-0.4, -0.2) is 32.9 Å². The molecule has 24 heavy (non-hydrogen) atoms. The first-order chi connectivity index (χ1) is 11.8. The van der Waals surface area contributed by atoms with E-state index in [1.54, 1.807) is 0 Å². The van der Waals surface area contributed by atoms with E-state index in [2.05, 4.69) is 41.1 Å². The zero-order valence-electron chi connectivity index (χ0n) is 13.8. The van der Waals surface area contributed by atoms with Gasteiger partial charge in [-0.3, -0.25) is 0 Å². The van der Waals surface area contributed by atoms with Gasteiger partial charge in [-0.2, -0.15) is 9.61 Å². The summed E-state index contributed by atoms with van der Waals surface area (Å²) in [7, 11) is 0. The molecule has 0 aliphatic heterocycles. The fourth-order valence-corrected chi connectivity index (χ4v) is 3.10. The molecule has 120 valence electrons. The van der Waals surface area contributed by atoms with E-state index in [0.717, 1.165) is 46.7 Å². The summed E-state index contributed by atoms with van der Waals surface area (Å²) >= 11 is 0. The van der Waals surface area contributed by atoms with Crippen molar-refractivity contribution in [2.75, 3.05) is 18.0 Å². The molecule has 0 unspecified atom stereocenters. The summed E-state index contributed by atoms with van der Waals surface area (Å²) in [6.07, 6.45) is 0. The van der Waals surface area contributed by atoms with E-state index in [9.17, 15) is 0 Å². The molecular weight excluding hydrogens is 298 g/mol. The standard InChI is InChI=1S/C19H19N5/c1-3-23(4-2)19-17(14-10-6-5-7-11-14)20-21-18-15-12-8-9-13-16(15)22-24(18)19/h5-13H,3-4H2,1-2H3. The summed E-state index contributed by atoms with van der Waals surface area (Å²) in [5.41, 5.74) is 3.64. The Morgan fingerprint density at radius 2 is 1.58 bits per heavy atom. The minimum absolute atomic E-state index is 0.798. The first-order valence-electron chi connectivity index (χ1n) is 8.28. The molecule has 0 saturated heterocycles. The zero-order chi connectivity index (χ0) is 16.5. The van der Waals surface area contributed by atoms with Crippen molar-refractivity contribution in [3.05, 3.63) is 54.6 Å². The molecule has 0 saturated carbocycles. The molecule has 0 fully saturated rings. The maximum absolute atomic E-state index is 4.79. The van der Waals surface area contributed by atoms with Crippen molar-refractivity contribution in [1.29, 1.82) is 0 Å². The van der Waals surface area contributed by atoms with Gasteiger partial charge in [0.05, 0.1) is 5.52 Å². The average molecular weight is 317 g/mol. The van der Waals surface area contributed by atoms with Gasteiger partial charge in [-0.25, -0.2) is 0 Å². The van der Waals surface area contributed by atoms with Gasteiger partial charge in [-0.05, 0) is 26.0 Å². The van der Waals surface area contributed by atoms with Crippen LogP contribution in [-0.2, 0) is 0 Å². The van der Waals surface area contributed by atoms with Gasteiger partial charge in [0.15, 0.2) is 11.5 Å². The maximum atomic E-state index is 4.79. The molecule has 0 aliphatic carbocycles. The topological polar surface area (TPSA) is 46.3 Å². The van der Waals surface area contributed by atoms with Gasteiger partial charge in [-0.15, -0.1) is 10.2 Å². The van der Waals surface area contributed by atoms with Crippen LogP contribution >= 0.6 is 0 Å². The van der Waals surface area contributed by atoms with Crippen LogP contribution in [0.3, 0.4) is 0 Å². The Morgan fingerprint density at radius 1 is 0.875 bits per heavy atom. The smallest absolute Gasteiger partial charge is 0.187 e. The highest BCUT2D eigenvalue weighted by Gasteiger charge is 2.19. The number of benzene rings is 2. The van der Waals surface area contributed by atoms with Crippen LogP contribution in [0.4, 0.5) is 5.82 Å². The molecule has 5 nitrogen and oxygen atoms in total. The molecule has 2 heterocycles. The van der Waals surface area contributed by atoms with Crippen LogP contribution in [0.1, 0.15) is 13.8 Å². The highest BCUT2D eigenvalue weighted by atomic mass is 15.4. The third-order valence-corrected chi connectivity index (χ3v) is 4.32. The fraction of sp³-hybridized carbons (Fsp3) is 0.211. The summed E-state index contributed by atoms with van der Waals surface area (Å²) in [4.78, 5) is 2.27. The first-order valence-corrected chi connectivity index (χ1v) is 8.28. The van der Waals surface area contributed by atoms with Crippen molar-refractivity contribution in [2.45, 2.75) is 13.8 Å². The van der Waals surface area contributed by atoms with Crippen LogP contribution in [0.2, 0.25) is 0 Å². The number of anilines is 1. The van der Waals surface area contributed by atoms with Gasteiger partial charge >= 0.3 is 0 Å². The molecule has 2 aromatic carbocycles. The van der Waals surface area contributed by atoms with Gasteiger partial charge in [0.2, 0.25) is 0 Å². The molecule has 5 heteroatoms. The van der Waals surface area contributed by atoms with Crippen LogP contribution in [0.15, 0.2) is 54.6 Å². The summed E-state index contributed by atoms with van der Waals surface area (Å²) < 4.78 is 1.94. The predicted octanol–water partition coefficient (Wildman–Crippen LogP) is 3.79. The Balaban J connectivity index is 2.09. The minimum Gasteiger partial charge on any atom is -0.355 e. The van der Waals surface area contributed by atoms with Gasteiger partial charge < -0.3 is 4.90 Å². The predicted molar refractivity (Wildman–Crippen MR) is 97.3 cm³/mol. The van der Waals surface area contributed by atoms with Crippen molar-refractivity contribution in [3.8, 4) is 11.3 Å². The summed E-state index contributed by atoms with van der Waals surface area (Å²) in [5.74, 6) is 0.993. The molecule has 2 aromatic heterocycles. The Kier molecular flexibility index (Phi) is 3.61. The number of rotatable bonds is 4. The summed E-state index contributed by atoms with van der Waals surface area (Å²) in [6, 6.07) is 18.2. The van der Waals surface area contributed by atoms with E-state index in [0.29, 0.717) is 0 Å². The second-order valence-corrected chi connectivity index (χ2v) is 5.66. The number of hydrogen-bond donors (Lipinski definition) is 0. The maximum Gasteiger partial charge on any atom is 0.187 e. The van der Waals surface area contributed by atoms with E-state index in [-0.39, 0.29) is 0 Å². The lowest BCUT2D eigenvalue weighted by Crippen LogP contribution is -2.26. The third kappa shape index (κ3) is 2.21. The third-order valence-electron chi connectivity index (χ3n) is 4.32. The lowest BCUT2D eigenvalue weighted by Gasteiger charge is -2.23. The summed E-state index contributed by atoms with van der Waals surface area (Å²) in [5, 5.41) is 14.9. The molecule has 0 spiro atoms. The van der Waals surface area contributed by atoms with Crippen LogP contribution in [0.5, 0.6) is 0 Å². The first kappa shape index (κ1) is 14.6. The quantitative estimate of drug-likeness (QED) is 0.574. The molecule has 0 N–H and O–H groups in total. The monoisotopic (exact) mass is 317 g/mol. The Morgan fingerprint density at radius 3 is 2.33 bits per heavy atom. The molecule has 4 aromatic rings. The second kappa shape index (κ2) is 5.92. The lowest BCUT2D eigenvalue weighted by atomic mass is 10.1. The Labute approximate surface area is 140 Å². The Hall–Kier alpha value is -2.95. The Bertz CT molecular complexity index is 987. The zero-order valence-corrected chi connectivity index (χ0v) is 13.8. The van der Waals surface area contributed by atoms with Crippen molar-refractivity contribution in [3.63, 3.8) is 0 Å². The van der Waals surface area contributed by atoms with Gasteiger partial charge in [0.1, 0.15) is 5.69 Å². The highest BCUT2D eigenvalue weighted by molar-refractivity contribution is 5.93. The molecule has 0 atom stereocenters. The number of hydrogen-bond acceptors (Lipinski definition) is 4. The van der Waals surface area contributed by atoms with Gasteiger partial charge in [0.25, 0.3) is 0 Å². The van der Waals surface area contributed by atoms with E-state index >= 15 is 0 Å². The van der Waals surface area contributed by atoms with E-state index in [1.165, 1.54) is 0 Å². The van der Waals surface area contributed by atoms with Gasteiger partial charge in [0, 0.05) is 24.0 Å². The van der Waals surface area contributed by atoms with E-state index in [1.807, 2.05) is 47.0 Å². The molecule has 0 amide bonds. The SMILES string of the molecule is CCN(CC)c1c(-c2ccccc2)nnc2c3ccccc3nn12. The minimum atomic E-state index is 0.798. The van der Waals surface area contributed by atoms with Crippen LogP contribution in [0.25, 0.3) is 27.8 Å². The van der Waals surface area contributed by atoms with Crippen LogP contribution < -0.4 is 4.90 Å². The van der Waals surface area contributed by atoms with E-state index in [4.69, 9.17) is 5.10 Å². The normalized spacial score (nSPS) is 11.2. The number of fused-ring (bicyclic) bond motifs is 3. The molecule has 0 bridgehead atoms. The largest absolute Gasteiger partial charge is 0.355 e. The second-order valence-electron chi connectivity index (χ2n) is 5.66. The molecule has 4 rings (SSSR count). The summed E-state index contributed by atoms with van der Waals surface area (Å²) in [6.45, 7) is 6.06. The van der Waals surface area contributed by atoms with Crippen molar-refractivity contribution in [2.24, 2.45) is 0 Å². The van der Waals surface area contributed by atoms with Crippen molar-refractivity contribution >= 4 is 22.4 Å². The van der Waals surface area contributed by atoms with Crippen molar-refractivity contribution < 1.29 is 0 Å². The van der Waals surface area contributed by atoms with Gasteiger partial charge in [-0.1, -0.05) is 42.5 Å². The van der Waals surface area contributed by atoms with Crippen LogP contribution in [0, 0.1) is 0 Å². The lowest BCUT2D eigenvalue weighted by molar-refractivity contribution is 0.790. The van der Waals surface area contributed by atoms with E-state index < -0.39 is 0 Å². The fourth-order valence-electron chi connectivity index (χ4n) is 3.10. The average Bonchev–Trinajstić information content (AvgIpc) is 3.02. The molecule has 0 radical (unpaired) electrons. The highest BCUT2D eigenvalue weighted by Crippen LogP contribution is 2.30.